The molecule has 1 aliphatic carbocycles. The molecule has 3 aliphatic rings. The maximum atomic E-state index is 13.7. The summed E-state index contributed by atoms with van der Waals surface area (Å²) in [5, 5.41) is 6.62. The molecular weight excluding hydrogens is 407 g/mol. The van der Waals surface area contributed by atoms with Gasteiger partial charge in [0, 0.05) is 18.7 Å². The molecule has 1 amide bonds. The van der Waals surface area contributed by atoms with E-state index in [0.717, 1.165) is 0 Å². The molecule has 2 unspecified atom stereocenters. The number of sulfone groups is 1. The van der Waals surface area contributed by atoms with Gasteiger partial charge in [-0.15, -0.1) is 0 Å². The van der Waals surface area contributed by atoms with Gasteiger partial charge in [0.25, 0.3) is 5.91 Å². The molecule has 10 heteroatoms. The molecule has 29 heavy (non-hydrogen) atoms. The number of aromatic amines is 1. The van der Waals surface area contributed by atoms with E-state index in [1.165, 1.54) is 19.1 Å². The number of fused-ring (bicyclic) bond motifs is 1. The van der Waals surface area contributed by atoms with E-state index in [-0.39, 0.29) is 29.0 Å². The molecule has 1 saturated heterocycles. The molecule has 1 aromatic rings. The second-order valence-electron chi connectivity index (χ2n) is 8.24. The number of halogens is 3. The first-order valence-corrected chi connectivity index (χ1v) is 11.3. The van der Waals surface area contributed by atoms with Crippen molar-refractivity contribution < 1.29 is 26.4 Å². The van der Waals surface area contributed by atoms with Crippen LogP contribution in [0.15, 0.2) is 24.3 Å². The summed E-state index contributed by atoms with van der Waals surface area (Å²) >= 11 is 0. The average Bonchev–Trinajstić information content (AvgIpc) is 3.16. The van der Waals surface area contributed by atoms with Crippen molar-refractivity contribution in [2.45, 2.75) is 37.4 Å². The van der Waals surface area contributed by atoms with Crippen molar-refractivity contribution in [2.24, 2.45) is 17.3 Å². The van der Waals surface area contributed by atoms with E-state index in [4.69, 9.17) is 0 Å². The molecule has 1 fully saturated rings. The average molecular weight is 429 g/mol. The normalized spacial score (nSPS) is 29.2. The molecule has 0 aromatic carbocycles. The standard InChI is InChI=1S/C19H22F3N3O3S/c1-18(19(20,21)22)7-3-2-4-14(18)12-5-8-25(9-6-12)17(26)16-13-10-29(27,28)11-15(13)23-24-16/h2-4,7,12,14H,5-6,8-11H2,1H3,(H,23,24). The Morgan fingerprint density at radius 1 is 1.24 bits per heavy atom. The number of carbonyl (C=O) groups is 1. The number of amides is 1. The largest absolute Gasteiger partial charge is 0.398 e. The Morgan fingerprint density at radius 3 is 2.59 bits per heavy atom. The van der Waals surface area contributed by atoms with Gasteiger partial charge in [-0.25, -0.2) is 8.42 Å². The molecular formula is C19H22F3N3O3S. The van der Waals surface area contributed by atoms with Gasteiger partial charge in [-0.1, -0.05) is 24.3 Å². The number of likely N-dealkylation sites (tertiary alicyclic amines) is 1. The SMILES string of the molecule is CC1(C(F)(F)F)C=CC=CC1C1CCN(C(=O)c2n[nH]c3c2CS(=O)(=O)C3)CC1. The smallest absolute Gasteiger partial charge is 0.337 e. The van der Waals surface area contributed by atoms with E-state index >= 15 is 0 Å². The third kappa shape index (κ3) is 3.41. The first kappa shape index (κ1) is 20.2. The minimum Gasteiger partial charge on any atom is -0.337 e. The van der Waals surface area contributed by atoms with Crippen LogP contribution in [0, 0.1) is 17.3 Å². The van der Waals surface area contributed by atoms with Gasteiger partial charge in [0.1, 0.15) is 0 Å². The Balaban J connectivity index is 1.46. The number of aromatic nitrogens is 2. The fourth-order valence-electron chi connectivity index (χ4n) is 4.64. The highest BCUT2D eigenvalue weighted by Crippen LogP contribution is 2.51. The Morgan fingerprint density at radius 2 is 1.93 bits per heavy atom. The van der Waals surface area contributed by atoms with Gasteiger partial charge in [-0.05, 0) is 31.6 Å². The topological polar surface area (TPSA) is 83.1 Å². The molecule has 4 rings (SSSR count). The van der Waals surface area contributed by atoms with Gasteiger partial charge in [0.2, 0.25) is 0 Å². The second-order valence-corrected chi connectivity index (χ2v) is 10.3. The van der Waals surface area contributed by atoms with Crippen molar-refractivity contribution >= 4 is 15.7 Å². The molecule has 1 aromatic heterocycles. The van der Waals surface area contributed by atoms with Gasteiger partial charge in [-0.2, -0.15) is 18.3 Å². The first-order chi connectivity index (χ1) is 13.5. The maximum Gasteiger partial charge on any atom is 0.398 e. The monoisotopic (exact) mass is 429 g/mol. The molecule has 2 aliphatic heterocycles. The van der Waals surface area contributed by atoms with Crippen molar-refractivity contribution in [2.75, 3.05) is 13.1 Å². The fourth-order valence-corrected chi connectivity index (χ4v) is 6.17. The summed E-state index contributed by atoms with van der Waals surface area (Å²) in [6, 6.07) is 0. The van der Waals surface area contributed by atoms with E-state index in [1.807, 2.05) is 0 Å². The lowest BCUT2D eigenvalue weighted by Gasteiger charge is -2.44. The molecule has 6 nitrogen and oxygen atoms in total. The van der Waals surface area contributed by atoms with Crippen LogP contribution in [0.3, 0.4) is 0 Å². The van der Waals surface area contributed by atoms with Gasteiger partial charge < -0.3 is 4.90 Å². The Hall–Kier alpha value is -2.10. The molecule has 3 heterocycles. The first-order valence-electron chi connectivity index (χ1n) is 9.50. The van der Waals surface area contributed by atoms with Crippen molar-refractivity contribution in [1.29, 1.82) is 0 Å². The van der Waals surface area contributed by atoms with Crippen molar-refractivity contribution in [3.8, 4) is 0 Å². The van der Waals surface area contributed by atoms with Gasteiger partial charge >= 0.3 is 6.18 Å². The van der Waals surface area contributed by atoms with Crippen molar-refractivity contribution in [1.82, 2.24) is 15.1 Å². The lowest BCUT2D eigenvalue weighted by molar-refractivity contribution is -0.218. The highest BCUT2D eigenvalue weighted by Gasteiger charge is 2.55. The minimum absolute atomic E-state index is 0.111. The van der Waals surface area contributed by atoms with Crippen LogP contribution in [0.2, 0.25) is 0 Å². The predicted molar refractivity (Wildman–Crippen MR) is 99.5 cm³/mol. The zero-order chi connectivity index (χ0) is 21.0. The van der Waals surface area contributed by atoms with Crippen LogP contribution in [-0.2, 0) is 21.3 Å². The lowest BCUT2D eigenvalue weighted by Crippen LogP contribution is -2.47. The Bertz CT molecular complexity index is 988. The second kappa shape index (κ2) is 6.72. The number of alkyl halides is 3. The van der Waals surface area contributed by atoms with Crippen LogP contribution in [0.4, 0.5) is 13.2 Å². The number of allylic oxidation sites excluding steroid dienone is 4. The summed E-state index contributed by atoms with van der Waals surface area (Å²) in [7, 11) is -3.26. The summed E-state index contributed by atoms with van der Waals surface area (Å²) in [6.45, 7) is 1.86. The summed E-state index contributed by atoms with van der Waals surface area (Å²) in [5.41, 5.74) is -0.943. The Kier molecular flexibility index (Phi) is 4.67. The molecule has 0 bridgehead atoms. The van der Waals surface area contributed by atoms with Crippen LogP contribution in [0.5, 0.6) is 0 Å². The molecule has 1 N–H and O–H groups in total. The van der Waals surface area contributed by atoms with E-state index < -0.39 is 27.3 Å². The number of nitrogens with zero attached hydrogens (tertiary/aromatic N) is 2. The maximum absolute atomic E-state index is 13.7. The van der Waals surface area contributed by atoms with Gasteiger partial charge in [0.15, 0.2) is 15.5 Å². The minimum atomic E-state index is -4.35. The predicted octanol–water partition coefficient (Wildman–Crippen LogP) is 3.00. The van der Waals surface area contributed by atoms with Crippen LogP contribution in [0.1, 0.15) is 41.5 Å². The van der Waals surface area contributed by atoms with E-state index in [9.17, 15) is 26.4 Å². The number of hydrogen-bond donors (Lipinski definition) is 1. The molecule has 0 radical (unpaired) electrons. The molecule has 158 valence electrons. The molecule has 0 spiro atoms. The zero-order valence-electron chi connectivity index (χ0n) is 15.9. The lowest BCUT2D eigenvalue weighted by atomic mass is 9.65. The van der Waals surface area contributed by atoms with E-state index in [0.29, 0.717) is 37.2 Å². The number of hydrogen-bond acceptors (Lipinski definition) is 4. The molecule has 0 saturated carbocycles. The third-order valence-electron chi connectivity index (χ3n) is 6.39. The highest BCUT2D eigenvalue weighted by molar-refractivity contribution is 7.90. The number of piperidine rings is 1. The number of nitrogens with one attached hydrogen (secondary N) is 1. The highest BCUT2D eigenvalue weighted by atomic mass is 32.2. The quantitative estimate of drug-likeness (QED) is 0.784. The number of rotatable bonds is 2. The van der Waals surface area contributed by atoms with Gasteiger partial charge in [-0.3, -0.25) is 9.89 Å². The Labute approximate surface area is 166 Å². The number of H-pyrrole nitrogens is 1. The van der Waals surface area contributed by atoms with Gasteiger partial charge in [0.05, 0.1) is 22.6 Å². The number of carbonyl (C=O) groups excluding carboxylic acids is 1. The van der Waals surface area contributed by atoms with Crippen LogP contribution < -0.4 is 0 Å². The van der Waals surface area contributed by atoms with Crippen LogP contribution >= 0.6 is 0 Å². The van der Waals surface area contributed by atoms with E-state index in [2.05, 4.69) is 10.2 Å². The summed E-state index contributed by atoms with van der Waals surface area (Å²) < 4.78 is 64.7. The van der Waals surface area contributed by atoms with E-state index in [1.54, 1.807) is 17.1 Å². The zero-order valence-corrected chi connectivity index (χ0v) is 16.7. The molecule has 2 atom stereocenters. The van der Waals surface area contributed by atoms with Crippen molar-refractivity contribution in [3.63, 3.8) is 0 Å². The summed E-state index contributed by atoms with van der Waals surface area (Å²) in [5.74, 6) is -1.60. The van der Waals surface area contributed by atoms with Crippen LogP contribution in [0.25, 0.3) is 0 Å². The van der Waals surface area contributed by atoms with Crippen LogP contribution in [-0.4, -0.2) is 48.7 Å². The summed E-state index contributed by atoms with van der Waals surface area (Å²) in [6.07, 6.45) is 2.49. The summed E-state index contributed by atoms with van der Waals surface area (Å²) in [4.78, 5) is 14.4. The third-order valence-corrected chi connectivity index (χ3v) is 7.85. The van der Waals surface area contributed by atoms with Crippen molar-refractivity contribution in [3.05, 3.63) is 41.3 Å². The fraction of sp³-hybridized carbons (Fsp3) is 0.579.